The van der Waals surface area contributed by atoms with Gasteiger partial charge in [-0.2, -0.15) is 0 Å². The highest BCUT2D eigenvalue weighted by Crippen LogP contribution is 2.25. The molecule has 0 atom stereocenters. The molecule has 0 aliphatic rings. The van der Waals surface area contributed by atoms with E-state index in [4.69, 9.17) is 14.3 Å². The summed E-state index contributed by atoms with van der Waals surface area (Å²) in [6.07, 6.45) is 0. The molecule has 0 aliphatic heterocycles. The molecule has 0 unspecified atom stereocenters. The molecule has 2 N–H and O–H groups in total. The van der Waals surface area contributed by atoms with Crippen LogP contribution in [0.4, 0.5) is 5.69 Å². The van der Waals surface area contributed by atoms with Crippen LogP contribution in [-0.4, -0.2) is 17.0 Å². The van der Waals surface area contributed by atoms with Gasteiger partial charge in [-0.05, 0) is 25.1 Å². The standard InChI is InChI=1S/C15H15NO5/c1-9-12(15(18)19)7-11(21-9)8-20-14-6-4-3-5-13(14)16-10(2)17/h3-7H,8H2,1-2H3,(H,16,17)(H,18,19). The number of hydrogen-bond acceptors (Lipinski definition) is 4. The van der Waals surface area contributed by atoms with Crippen molar-refractivity contribution < 1.29 is 23.8 Å². The van der Waals surface area contributed by atoms with Crippen LogP contribution in [0.1, 0.15) is 28.8 Å². The number of carboxylic acid groups (broad SMARTS) is 1. The number of carbonyl (C=O) groups excluding carboxylic acids is 1. The highest BCUT2D eigenvalue weighted by molar-refractivity contribution is 5.90. The van der Waals surface area contributed by atoms with Crippen molar-refractivity contribution in [2.45, 2.75) is 20.5 Å². The second kappa shape index (κ2) is 6.13. The molecular weight excluding hydrogens is 274 g/mol. The lowest BCUT2D eigenvalue weighted by Gasteiger charge is -2.10. The van der Waals surface area contributed by atoms with Gasteiger partial charge in [0.2, 0.25) is 5.91 Å². The summed E-state index contributed by atoms with van der Waals surface area (Å²) in [5.41, 5.74) is 0.662. The van der Waals surface area contributed by atoms with Gasteiger partial charge >= 0.3 is 5.97 Å². The van der Waals surface area contributed by atoms with Crippen LogP contribution < -0.4 is 10.1 Å². The zero-order valence-electron chi connectivity index (χ0n) is 11.7. The molecule has 110 valence electrons. The summed E-state index contributed by atoms with van der Waals surface area (Å²) in [5.74, 6) is -0.0217. The van der Waals surface area contributed by atoms with E-state index in [1.54, 1.807) is 31.2 Å². The Morgan fingerprint density at radius 2 is 2.05 bits per heavy atom. The van der Waals surface area contributed by atoms with E-state index >= 15 is 0 Å². The van der Waals surface area contributed by atoms with Crippen LogP contribution in [0.2, 0.25) is 0 Å². The van der Waals surface area contributed by atoms with Gasteiger partial charge in [-0.25, -0.2) is 4.79 Å². The average Bonchev–Trinajstić information content (AvgIpc) is 2.78. The van der Waals surface area contributed by atoms with Crippen molar-refractivity contribution in [2.75, 3.05) is 5.32 Å². The minimum atomic E-state index is -1.04. The molecule has 21 heavy (non-hydrogen) atoms. The third-order valence-electron chi connectivity index (χ3n) is 2.77. The van der Waals surface area contributed by atoms with Gasteiger partial charge in [0.15, 0.2) is 0 Å². The molecule has 0 radical (unpaired) electrons. The minimum Gasteiger partial charge on any atom is -0.483 e. The zero-order chi connectivity index (χ0) is 15.4. The van der Waals surface area contributed by atoms with Gasteiger partial charge in [-0.15, -0.1) is 0 Å². The van der Waals surface area contributed by atoms with E-state index in [2.05, 4.69) is 5.32 Å². The molecule has 0 saturated heterocycles. The summed E-state index contributed by atoms with van der Waals surface area (Å²) >= 11 is 0. The summed E-state index contributed by atoms with van der Waals surface area (Å²) in [7, 11) is 0. The molecular formula is C15H15NO5. The zero-order valence-corrected chi connectivity index (χ0v) is 11.7. The SMILES string of the molecule is CC(=O)Nc1ccccc1OCc1cc(C(=O)O)c(C)o1. The first-order valence-corrected chi connectivity index (χ1v) is 6.29. The van der Waals surface area contributed by atoms with Crippen molar-refractivity contribution in [1.82, 2.24) is 0 Å². The van der Waals surface area contributed by atoms with Crippen molar-refractivity contribution in [3.63, 3.8) is 0 Å². The fourth-order valence-corrected chi connectivity index (χ4v) is 1.86. The maximum atomic E-state index is 11.1. The number of hydrogen-bond donors (Lipinski definition) is 2. The molecule has 1 amide bonds. The average molecular weight is 289 g/mol. The number of anilines is 1. The van der Waals surface area contributed by atoms with Gasteiger partial charge < -0.3 is 19.6 Å². The molecule has 0 bridgehead atoms. The normalized spacial score (nSPS) is 10.2. The summed E-state index contributed by atoms with van der Waals surface area (Å²) in [6, 6.07) is 8.40. The van der Waals surface area contributed by atoms with E-state index in [0.29, 0.717) is 23.0 Å². The first-order valence-electron chi connectivity index (χ1n) is 6.29. The maximum Gasteiger partial charge on any atom is 0.339 e. The molecule has 0 fully saturated rings. The Kier molecular flexibility index (Phi) is 4.27. The van der Waals surface area contributed by atoms with Crippen molar-refractivity contribution in [3.8, 4) is 5.75 Å². The van der Waals surface area contributed by atoms with E-state index in [1.807, 2.05) is 0 Å². The van der Waals surface area contributed by atoms with Crippen molar-refractivity contribution in [1.29, 1.82) is 0 Å². The number of aromatic carboxylic acids is 1. The lowest BCUT2D eigenvalue weighted by molar-refractivity contribution is -0.114. The smallest absolute Gasteiger partial charge is 0.339 e. The predicted molar refractivity (Wildman–Crippen MR) is 75.5 cm³/mol. The van der Waals surface area contributed by atoms with E-state index in [1.165, 1.54) is 13.0 Å². The van der Waals surface area contributed by atoms with Gasteiger partial charge in [-0.1, -0.05) is 12.1 Å². The molecule has 1 heterocycles. The number of amides is 1. The van der Waals surface area contributed by atoms with Crippen LogP contribution in [0.3, 0.4) is 0 Å². The van der Waals surface area contributed by atoms with E-state index in [-0.39, 0.29) is 18.1 Å². The number of furan rings is 1. The predicted octanol–water partition coefficient (Wildman–Crippen LogP) is 2.82. The number of ether oxygens (including phenoxy) is 1. The lowest BCUT2D eigenvalue weighted by Crippen LogP contribution is -2.07. The number of para-hydroxylation sites is 2. The second-order valence-corrected chi connectivity index (χ2v) is 4.45. The Morgan fingerprint density at radius 1 is 1.33 bits per heavy atom. The molecule has 2 aromatic rings. The molecule has 2 rings (SSSR count). The Hall–Kier alpha value is -2.76. The first kappa shape index (κ1) is 14.6. The summed E-state index contributed by atoms with van der Waals surface area (Å²) in [4.78, 5) is 22.0. The summed E-state index contributed by atoms with van der Waals surface area (Å²) in [6.45, 7) is 3.06. The quantitative estimate of drug-likeness (QED) is 0.883. The summed E-state index contributed by atoms with van der Waals surface area (Å²) < 4.78 is 10.9. The molecule has 1 aromatic heterocycles. The molecule has 1 aromatic carbocycles. The third kappa shape index (κ3) is 3.62. The Bertz CT molecular complexity index is 674. The topological polar surface area (TPSA) is 88.8 Å². The molecule has 6 heteroatoms. The minimum absolute atomic E-state index is 0.0741. The third-order valence-corrected chi connectivity index (χ3v) is 2.77. The Balaban J connectivity index is 2.11. The molecule has 0 saturated carbocycles. The van der Waals surface area contributed by atoms with Crippen LogP contribution in [0.25, 0.3) is 0 Å². The van der Waals surface area contributed by atoms with Gasteiger partial charge in [0.05, 0.1) is 5.69 Å². The van der Waals surface area contributed by atoms with Gasteiger partial charge in [0.1, 0.15) is 29.4 Å². The fourth-order valence-electron chi connectivity index (χ4n) is 1.86. The van der Waals surface area contributed by atoms with Crippen LogP contribution in [0.5, 0.6) is 5.75 Å². The number of aryl methyl sites for hydroxylation is 1. The molecule has 6 nitrogen and oxygen atoms in total. The van der Waals surface area contributed by atoms with Gasteiger partial charge in [-0.3, -0.25) is 4.79 Å². The van der Waals surface area contributed by atoms with E-state index in [0.717, 1.165) is 0 Å². The van der Waals surface area contributed by atoms with Crippen molar-refractivity contribution in [3.05, 3.63) is 47.4 Å². The number of rotatable bonds is 5. The fraction of sp³-hybridized carbons (Fsp3) is 0.200. The highest BCUT2D eigenvalue weighted by atomic mass is 16.5. The second-order valence-electron chi connectivity index (χ2n) is 4.45. The lowest BCUT2D eigenvalue weighted by atomic mass is 10.2. The van der Waals surface area contributed by atoms with Gasteiger partial charge in [0.25, 0.3) is 0 Å². The van der Waals surface area contributed by atoms with Crippen LogP contribution >= 0.6 is 0 Å². The van der Waals surface area contributed by atoms with Crippen molar-refractivity contribution >= 4 is 17.6 Å². The number of nitrogens with one attached hydrogen (secondary N) is 1. The van der Waals surface area contributed by atoms with Crippen LogP contribution in [0, 0.1) is 6.92 Å². The van der Waals surface area contributed by atoms with Gasteiger partial charge in [0, 0.05) is 6.92 Å². The molecule has 0 aliphatic carbocycles. The number of benzene rings is 1. The van der Waals surface area contributed by atoms with Crippen LogP contribution in [-0.2, 0) is 11.4 Å². The first-order chi connectivity index (χ1) is 9.97. The maximum absolute atomic E-state index is 11.1. The van der Waals surface area contributed by atoms with Crippen molar-refractivity contribution in [2.24, 2.45) is 0 Å². The van der Waals surface area contributed by atoms with E-state index in [9.17, 15) is 9.59 Å². The number of carboxylic acids is 1. The highest BCUT2D eigenvalue weighted by Gasteiger charge is 2.14. The number of carbonyl (C=O) groups is 2. The van der Waals surface area contributed by atoms with Crippen LogP contribution in [0.15, 0.2) is 34.7 Å². The molecule has 0 spiro atoms. The largest absolute Gasteiger partial charge is 0.483 e. The monoisotopic (exact) mass is 289 g/mol. The van der Waals surface area contributed by atoms with E-state index < -0.39 is 5.97 Å². The summed E-state index contributed by atoms with van der Waals surface area (Å²) in [5, 5.41) is 11.6. The Labute approximate surface area is 121 Å². The Morgan fingerprint density at radius 3 is 2.67 bits per heavy atom.